The van der Waals surface area contributed by atoms with Crippen molar-refractivity contribution in [1.82, 2.24) is 14.8 Å². The van der Waals surface area contributed by atoms with Crippen molar-refractivity contribution in [3.05, 3.63) is 64.0 Å². The summed E-state index contributed by atoms with van der Waals surface area (Å²) in [6, 6.07) is 12.7. The van der Waals surface area contributed by atoms with Crippen LogP contribution < -0.4 is 10.3 Å². The number of hydrogen-bond acceptors (Lipinski definition) is 3. The lowest BCUT2D eigenvalue weighted by Gasteiger charge is -2.03. The molecule has 0 saturated carbocycles. The van der Waals surface area contributed by atoms with E-state index < -0.39 is 0 Å². The van der Waals surface area contributed by atoms with E-state index in [2.05, 4.69) is 10.1 Å². The van der Waals surface area contributed by atoms with Gasteiger partial charge in [0.15, 0.2) is 0 Å². The van der Waals surface area contributed by atoms with Gasteiger partial charge in [-0.15, -0.1) is 0 Å². The van der Waals surface area contributed by atoms with Crippen molar-refractivity contribution in [1.29, 1.82) is 0 Å². The Morgan fingerprint density at radius 3 is 2.65 bits per heavy atom. The summed E-state index contributed by atoms with van der Waals surface area (Å²) in [4.78, 5) is 17.0. The first-order chi connectivity index (χ1) is 11.2. The number of pyridine rings is 1. The smallest absolute Gasteiger partial charge is 0.280 e. The van der Waals surface area contributed by atoms with Gasteiger partial charge in [0.1, 0.15) is 5.75 Å². The van der Waals surface area contributed by atoms with Crippen LogP contribution in [0.4, 0.5) is 0 Å². The molecule has 4 aromatic rings. The summed E-state index contributed by atoms with van der Waals surface area (Å²) in [5.74, 6) is 0.733. The van der Waals surface area contributed by atoms with Crippen LogP contribution in [0, 0.1) is 0 Å². The van der Waals surface area contributed by atoms with Crippen LogP contribution in [-0.4, -0.2) is 21.9 Å². The van der Waals surface area contributed by atoms with Gasteiger partial charge in [0.2, 0.25) is 0 Å². The summed E-state index contributed by atoms with van der Waals surface area (Å²) in [5.41, 5.74) is 2.07. The highest BCUT2D eigenvalue weighted by molar-refractivity contribution is 6.31. The zero-order valence-electron chi connectivity index (χ0n) is 12.2. The van der Waals surface area contributed by atoms with E-state index in [0.29, 0.717) is 10.4 Å². The second-order valence-corrected chi connectivity index (χ2v) is 5.60. The Hall–Kier alpha value is -2.79. The molecule has 0 saturated heterocycles. The fourth-order valence-electron chi connectivity index (χ4n) is 2.64. The number of H-pyrrole nitrogens is 1. The molecular formula is C17H12ClN3O2. The van der Waals surface area contributed by atoms with E-state index in [1.54, 1.807) is 37.6 Å². The van der Waals surface area contributed by atoms with Gasteiger partial charge in [-0.1, -0.05) is 11.6 Å². The van der Waals surface area contributed by atoms with E-state index in [1.807, 2.05) is 18.2 Å². The van der Waals surface area contributed by atoms with Crippen molar-refractivity contribution in [3.8, 4) is 11.4 Å². The average Bonchev–Trinajstić information content (AvgIpc) is 2.92. The number of nitrogens with zero attached hydrogens (tertiary/aromatic N) is 2. The van der Waals surface area contributed by atoms with Crippen LogP contribution in [0.3, 0.4) is 0 Å². The topological polar surface area (TPSA) is 59.9 Å². The lowest BCUT2D eigenvalue weighted by molar-refractivity contribution is 0.414. The molecule has 4 rings (SSSR count). The number of rotatable bonds is 2. The SMILES string of the molecule is COc1ccc(-n2[nH]c3c(cnc4ccc(Cl)cc43)c2=O)cc1. The molecule has 2 heterocycles. The maximum absolute atomic E-state index is 12.6. The molecule has 0 unspecified atom stereocenters. The normalized spacial score (nSPS) is 11.2. The predicted molar refractivity (Wildman–Crippen MR) is 90.8 cm³/mol. The van der Waals surface area contributed by atoms with Gasteiger partial charge in [0.25, 0.3) is 5.56 Å². The number of benzene rings is 2. The van der Waals surface area contributed by atoms with Crippen LogP contribution in [0.25, 0.3) is 27.5 Å². The first-order valence-electron chi connectivity index (χ1n) is 7.01. The molecule has 0 amide bonds. The Bertz CT molecular complexity index is 1080. The van der Waals surface area contributed by atoms with Gasteiger partial charge in [0, 0.05) is 16.6 Å². The van der Waals surface area contributed by atoms with E-state index in [-0.39, 0.29) is 5.56 Å². The van der Waals surface area contributed by atoms with Gasteiger partial charge in [-0.25, -0.2) is 4.68 Å². The molecule has 0 spiro atoms. The van der Waals surface area contributed by atoms with Gasteiger partial charge in [0.05, 0.1) is 29.2 Å². The van der Waals surface area contributed by atoms with Gasteiger partial charge in [-0.3, -0.25) is 14.9 Å². The summed E-state index contributed by atoms with van der Waals surface area (Å²) in [5, 5.41) is 5.10. The van der Waals surface area contributed by atoms with Crippen LogP contribution in [0.15, 0.2) is 53.5 Å². The summed E-state index contributed by atoms with van der Waals surface area (Å²) in [6.45, 7) is 0. The number of aromatic amines is 1. The molecule has 0 aliphatic carbocycles. The monoisotopic (exact) mass is 325 g/mol. The zero-order valence-corrected chi connectivity index (χ0v) is 13.0. The molecular weight excluding hydrogens is 314 g/mol. The van der Waals surface area contributed by atoms with Gasteiger partial charge in [-0.05, 0) is 42.5 Å². The molecule has 6 heteroatoms. The summed E-state index contributed by atoms with van der Waals surface area (Å²) in [6.07, 6.45) is 1.59. The second kappa shape index (κ2) is 5.14. The van der Waals surface area contributed by atoms with Gasteiger partial charge < -0.3 is 4.74 Å². The molecule has 0 bridgehead atoms. The molecule has 5 nitrogen and oxygen atoms in total. The molecule has 0 aliphatic rings. The summed E-state index contributed by atoms with van der Waals surface area (Å²) < 4.78 is 6.63. The molecule has 0 radical (unpaired) electrons. The highest BCUT2D eigenvalue weighted by Crippen LogP contribution is 2.24. The molecule has 0 aliphatic heterocycles. The number of halogens is 1. The van der Waals surface area contributed by atoms with Gasteiger partial charge >= 0.3 is 0 Å². The molecule has 114 valence electrons. The third kappa shape index (κ3) is 2.17. The van der Waals surface area contributed by atoms with Crippen molar-refractivity contribution in [2.75, 3.05) is 7.11 Å². The number of ether oxygens (including phenoxy) is 1. The van der Waals surface area contributed by atoms with Gasteiger partial charge in [-0.2, -0.15) is 0 Å². The number of methoxy groups -OCH3 is 1. The minimum Gasteiger partial charge on any atom is -0.497 e. The third-order valence-electron chi connectivity index (χ3n) is 3.82. The Balaban J connectivity index is 2.01. The maximum atomic E-state index is 12.6. The summed E-state index contributed by atoms with van der Waals surface area (Å²) >= 11 is 6.08. The molecule has 0 fully saturated rings. The Morgan fingerprint density at radius 1 is 1.13 bits per heavy atom. The minimum atomic E-state index is -0.153. The quantitative estimate of drug-likeness (QED) is 0.613. The van der Waals surface area contributed by atoms with E-state index >= 15 is 0 Å². The zero-order chi connectivity index (χ0) is 16.0. The second-order valence-electron chi connectivity index (χ2n) is 5.16. The highest BCUT2D eigenvalue weighted by atomic mass is 35.5. The van der Waals surface area contributed by atoms with Crippen LogP contribution in [0.1, 0.15) is 0 Å². The van der Waals surface area contributed by atoms with E-state index in [1.165, 1.54) is 4.68 Å². The lowest BCUT2D eigenvalue weighted by Crippen LogP contribution is -2.14. The largest absolute Gasteiger partial charge is 0.497 e. The molecule has 2 aromatic heterocycles. The van der Waals surface area contributed by atoms with E-state index in [4.69, 9.17) is 16.3 Å². The third-order valence-corrected chi connectivity index (χ3v) is 4.05. The number of hydrogen-bond donors (Lipinski definition) is 1. The Labute approximate surface area is 136 Å². The average molecular weight is 326 g/mol. The summed E-state index contributed by atoms with van der Waals surface area (Å²) in [7, 11) is 1.60. The highest BCUT2D eigenvalue weighted by Gasteiger charge is 2.12. The van der Waals surface area contributed by atoms with Crippen molar-refractivity contribution in [2.24, 2.45) is 0 Å². The van der Waals surface area contributed by atoms with Crippen LogP contribution >= 0.6 is 11.6 Å². The fourth-order valence-corrected chi connectivity index (χ4v) is 2.82. The van der Waals surface area contributed by atoms with Crippen molar-refractivity contribution in [2.45, 2.75) is 0 Å². The Kier molecular flexibility index (Phi) is 3.09. The first kappa shape index (κ1) is 13.8. The minimum absolute atomic E-state index is 0.153. The van der Waals surface area contributed by atoms with Crippen molar-refractivity contribution >= 4 is 33.4 Å². The maximum Gasteiger partial charge on any atom is 0.280 e. The van der Waals surface area contributed by atoms with Crippen molar-refractivity contribution < 1.29 is 4.74 Å². The molecule has 2 aromatic carbocycles. The first-order valence-corrected chi connectivity index (χ1v) is 7.38. The van der Waals surface area contributed by atoms with Crippen molar-refractivity contribution in [3.63, 3.8) is 0 Å². The lowest BCUT2D eigenvalue weighted by atomic mass is 10.2. The number of fused-ring (bicyclic) bond motifs is 3. The molecule has 23 heavy (non-hydrogen) atoms. The molecule has 0 atom stereocenters. The Morgan fingerprint density at radius 2 is 1.91 bits per heavy atom. The van der Waals surface area contributed by atoms with E-state index in [9.17, 15) is 4.79 Å². The van der Waals surface area contributed by atoms with Crippen LogP contribution in [-0.2, 0) is 0 Å². The van der Waals surface area contributed by atoms with Crippen LogP contribution in [0.5, 0.6) is 5.75 Å². The van der Waals surface area contributed by atoms with E-state index in [0.717, 1.165) is 27.9 Å². The van der Waals surface area contributed by atoms with Crippen LogP contribution in [0.2, 0.25) is 5.02 Å². The number of aromatic nitrogens is 3. The predicted octanol–water partition coefficient (Wildman–Crippen LogP) is 3.53. The molecule has 1 N–H and O–H groups in total. The fraction of sp³-hybridized carbons (Fsp3) is 0.0588. The number of nitrogens with one attached hydrogen (secondary N) is 1. The standard InChI is InChI=1S/C17H12ClN3O2/c1-23-12-5-3-11(4-6-12)21-17(22)14-9-19-15-7-2-10(18)8-13(15)16(14)20-21/h2-9,20H,1H3.